The average Bonchev–Trinajstić information content (AvgIpc) is 2.42. The van der Waals surface area contributed by atoms with E-state index in [1.54, 1.807) is 0 Å². The molecular formula is C16H28N2O6. The minimum Gasteiger partial charge on any atom is -0.481 e. The molecule has 1 amide bonds. The van der Waals surface area contributed by atoms with E-state index in [1.165, 1.54) is 7.11 Å². The fourth-order valence-corrected chi connectivity index (χ4v) is 3.80. The van der Waals surface area contributed by atoms with Crippen molar-refractivity contribution in [3.63, 3.8) is 0 Å². The van der Waals surface area contributed by atoms with E-state index in [2.05, 4.69) is 37.7 Å². The Morgan fingerprint density at radius 2 is 1.79 bits per heavy atom. The van der Waals surface area contributed by atoms with Crippen molar-refractivity contribution < 1.29 is 29.0 Å². The van der Waals surface area contributed by atoms with Crippen molar-refractivity contribution in [2.75, 3.05) is 13.7 Å². The van der Waals surface area contributed by atoms with Crippen LogP contribution in [-0.4, -0.2) is 54.9 Å². The Hall–Kier alpha value is -1.67. The van der Waals surface area contributed by atoms with E-state index in [0.717, 1.165) is 6.42 Å². The van der Waals surface area contributed by atoms with Gasteiger partial charge in [-0.3, -0.25) is 9.59 Å². The summed E-state index contributed by atoms with van der Waals surface area (Å²) in [6.07, 6.45) is 0.397. The van der Waals surface area contributed by atoms with Gasteiger partial charge in [-0.2, -0.15) is 0 Å². The second kappa shape index (κ2) is 7.48. The minimum atomic E-state index is -1.24. The van der Waals surface area contributed by atoms with Crippen LogP contribution in [0.15, 0.2) is 0 Å². The smallest absolute Gasteiger partial charge is 0.330 e. The molecule has 1 fully saturated rings. The molecule has 0 spiro atoms. The summed E-state index contributed by atoms with van der Waals surface area (Å²) in [5.41, 5.74) is 5.46. The van der Waals surface area contributed by atoms with E-state index in [1.807, 2.05) is 0 Å². The van der Waals surface area contributed by atoms with E-state index < -0.39 is 36.4 Å². The maximum atomic E-state index is 11.9. The summed E-state index contributed by atoms with van der Waals surface area (Å²) in [5.74, 6) is -2.59. The maximum Gasteiger partial charge on any atom is 0.330 e. The van der Waals surface area contributed by atoms with Gasteiger partial charge in [0.2, 0.25) is 5.91 Å². The van der Waals surface area contributed by atoms with Crippen molar-refractivity contribution >= 4 is 17.8 Å². The number of amides is 1. The second-order valence-electron chi connectivity index (χ2n) is 7.66. The van der Waals surface area contributed by atoms with E-state index in [0.29, 0.717) is 0 Å². The summed E-state index contributed by atoms with van der Waals surface area (Å²) in [5, 5.41) is 11.1. The summed E-state index contributed by atoms with van der Waals surface area (Å²) >= 11 is 0. The third-order valence-electron chi connectivity index (χ3n) is 4.29. The molecule has 1 saturated carbocycles. The molecule has 0 aromatic rings. The van der Waals surface area contributed by atoms with Gasteiger partial charge in [-0.25, -0.2) is 4.79 Å². The first kappa shape index (κ1) is 20.4. The third kappa shape index (κ3) is 4.91. The van der Waals surface area contributed by atoms with E-state index >= 15 is 0 Å². The number of carboxylic acid groups (broad SMARTS) is 1. The molecule has 4 N–H and O–H groups in total. The highest BCUT2D eigenvalue weighted by Crippen LogP contribution is 2.55. The van der Waals surface area contributed by atoms with Gasteiger partial charge in [0.05, 0.1) is 32.3 Å². The van der Waals surface area contributed by atoms with E-state index in [4.69, 9.17) is 15.6 Å². The van der Waals surface area contributed by atoms with Gasteiger partial charge in [-0.15, -0.1) is 0 Å². The van der Waals surface area contributed by atoms with Gasteiger partial charge in [0, 0.05) is 0 Å². The van der Waals surface area contributed by atoms with Crippen LogP contribution in [0.5, 0.6) is 0 Å². The Kier molecular flexibility index (Phi) is 6.35. The summed E-state index contributed by atoms with van der Waals surface area (Å²) in [6.45, 7) is 8.26. The highest BCUT2D eigenvalue weighted by Gasteiger charge is 2.54. The summed E-state index contributed by atoms with van der Waals surface area (Å²) in [7, 11) is 1.20. The number of rotatable bonds is 8. The predicted octanol–water partition coefficient (Wildman–Crippen LogP) is 0.288. The lowest BCUT2D eigenvalue weighted by Crippen LogP contribution is -2.58. The monoisotopic (exact) mass is 344 g/mol. The quantitative estimate of drug-likeness (QED) is 0.540. The number of esters is 1. The average molecular weight is 344 g/mol. The highest BCUT2D eigenvalue weighted by atomic mass is 16.5. The van der Waals surface area contributed by atoms with E-state index in [-0.39, 0.29) is 23.5 Å². The first-order valence-corrected chi connectivity index (χ1v) is 7.88. The van der Waals surface area contributed by atoms with Gasteiger partial charge in [0.1, 0.15) is 0 Å². The predicted molar refractivity (Wildman–Crippen MR) is 86.1 cm³/mol. The van der Waals surface area contributed by atoms with Crippen LogP contribution >= 0.6 is 0 Å². The van der Waals surface area contributed by atoms with Gasteiger partial charge in [0.15, 0.2) is 6.04 Å². The summed E-state index contributed by atoms with van der Waals surface area (Å²) in [4.78, 5) is 34.4. The molecule has 0 bridgehead atoms. The van der Waals surface area contributed by atoms with Crippen LogP contribution in [0.1, 0.15) is 40.5 Å². The second-order valence-corrected chi connectivity index (χ2v) is 7.66. The number of hydrogen-bond acceptors (Lipinski definition) is 6. The maximum absolute atomic E-state index is 11.9. The molecule has 0 aliphatic heterocycles. The molecule has 8 heteroatoms. The van der Waals surface area contributed by atoms with Gasteiger partial charge in [-0.05, 0) is 17.3 Å². The minimum absolute atomic E-state index is 0.0200. The first-order valence-electron chi connectivity index (χ1n) is 7.88. The molecule has 8 nitrogen and oxygen atoms in total. The zero-order valence-electron chi connectivity index (χ0n) is 14.9. The van der Waals surface area contributed by atoms with Crippen molar-refractivity contribution in [3.05, 3.63) is 0 Å². The Morgan fingerprint density at radius 1 is 1.25 bits per heavy atom. The topological polar surface area (TPSA) is 128 Å². The lowest BCUT2D eigenvalue weighted by molar-refractivity contribution is -0.191. The highest BCUT2D eigenvalue weighted by molar-refractivity contribution is 5.89. The summed E-state index contributed by atoms with van der Waals surface area (Å²) < 4.78 is 10.6. The number of hydrogen-bond donors (Lipinski definition) is 3. The van der Waals surface area contributed by atoms with Gasteiger partial charge in [-0.1, -0.05) is 27.7 Å². The van der Waals surface area contributed by atoms with Crippen molar-refractivity contribution in [2.24, 2.45) is 16.6 Å². The molecule has 2 atom stereocenters. The Balaban J connectivity index is 2.68. The SMILES string of the molecule is COC(=O)[C@H](COC1C(C)(C)CC1(C)C)NC(=O)[C@@H](N)CC(=O)O. The zero-order valence-corrected chi connectivity index (χ0v) is 14.9. The molecular weight excluding hydrogens is 316 g/mol. The van der Waals surface area contributed by atoms with Crippen LogP contribution in [0.25, 0.3) is 0 Å². The summed E-state index contributed by atoms with van der Waals surface area (Å²) in [6, 6.07) is -2.28. The number of nitrogens with one attached hydrogen (secondary N) is 1. The number of aliphatic carboxylic acids is 1. The molecule has 138 valence electrons. The fourth-order valence-electron chi connectivity index (χ4n) is 3.80. The van der Waals surface area contributed by atoms with Crippen LogP contribution in [0, 0.1) is 10.8 Å². The number of carboxylic acids is 1. The van der Waals surface area contributed by atoms with Gasteiger partial charge in [0.25, 0.3) is 0 Å². The molecule has 24 heavy (non-hydrogen) atoms. The van der Waals surface area contributed by atoms with E-state index in [9.17, 15) is 14.4 Å². The fraction of sp³-hybridized carbons (Fsp3) is 0.812. The largest absolute Gasteiger partial charge is 0.481 e. The molecule has 0 radical (unpaired) electrons. The van der Waals surface area contributed by atoms with Crippen LogP contribution in [-0.2, 0) is 23.9 Å². The Labute approximate surface area is 142 Å². The van der Waals surface area contributed by atoms with Crippen LogP contribution in [0.3, 0.4) is 0 Å². The third-order valence-corrected chi connectivity index (χ3v) is 4.29. The zero-order chi connectivity index (χ0) is 18.7. The van der Waals surface area contributed by atoms with Crippen molar-refractivity contribution in [2.45, 2.75) is 58.7 Å². The number of nitrogens with two attached hydrogens (primary N) is 1. The van der Waals surface area contributed by atoms with Crippen LogP contribution < -0.4 is 11.1 Å². The van der Waals surface area contributed by atoms with Crippen LogP contribution in [0.2, 0.25) is 0 Å². The Morgan fingerprint density at radius 3 is 2.21 bits per heavy atom. The number of ether oxygens (including phenoxy) is 2. The van der Waals surface area contributed by atoms with Crippen molar-refractivity contribution in [3.8, 4) is 0 Å². The molecule has 0 aromatic heterocycles. The number of carbonyl (C=O) groups excluding carboxylic acids is 2. The number of methoxy groups -OCH3 is 1. The van der Waals surface area contributed by atoms with Crippen LogP contribution in [0.4, 0.5) is 0 Å². The van der Waals surface area contributed by atoms with Crippen molar-refractivity contribution in [1.29, 1.82) is 0 Å². The molecule has 1 aliphatic rings. The molecule has 0 unspecified atom stereocenters. The van der Waals surface area contributed by atoms with Gasteiger partial charge < -0.3 is 25.6 Å². The Bertz CT molecular complexity index is 489. The molecule has 1 aliphatic carbocycles. The molecule has 0 aromatic carbocycles. The normalized spacial score (nSPS) is 21.2. The van der Waals surface area contributed by atoms with Crippen molar-refractivity contribution in [1.82, 2.24) is 5.32 Å². The molecule has 0 heterocycles. The lowest BCUT2D eigenvalue weighted by atomic mass is 9.53. The first-order chi connectivity index (χ1) is 10.9. The van der Waals surface area contributed by atoms with Gasteiger partial charge >= 0.3 is 11.9 Å². The standard InChI is InChI=1S/C16H28N2O6/c1-15(2)8-16(3,4)14(15)24-7-10(13(22)23-5)18-12(21)9(17)6-11(19)20/h9-10,14H,6-8,17H2,1-5H3,(H,18,21)(H,19,20)/t9-,10-/m0/s1. The molecule has 0 saturated heterocycles. The lowest BCUT2D eigenvalue weighted by Gasteiger charge is -2.57. The molecule has 1 rings (SSSR count). The number of carbonyl (C=O) groups is 3.